The third-order valence-corrected chi connectivity index (χ3v) is 5.11. The molecule has 0 amide bonds. The zero-order chi connectivity index (χ0) is 17.4. The van der Waals surface area contributed by atoms with Gasteiger partial charge < -0.3 is 9.52 Å². The molecule has 6 nitrogen and oxygen atoms in total. The van der Waals surface area contributed by atoms with Crippen molar-refractivity contribution in [2.75, 3.05) is 10.8 Å². The molecule has 0 spiro atoms. The predicted molar refractivity (Wildman–Crippen MR) is 81.7 cm³/mol. The molecule has 0 fully saturated rings. The van der Waals surface area contributed by atoms with Crippen molar-refractivity contribution < 1.29 is 27.1 Å². The summed E-state index contributed by atoms with van der Waals surface area (Å²) in [7, 11) is -4.09. The van der Waals surface area contributed by atoms with Gasteiger partial charge in [0.15, 0.2) is 0 Å². The first-order chi connectivity index (χ1) is 10.7. The van der Waals surface area contributed by atoms with Crippen LogP contribution >= 0.6 is 0 Å². The Morgan fingerprint density at radius 2 is 1.91 bits per heavy atom. The van der Waals surface area contributed by atoms with Crippen LogP contribution < -0.4 is 4.31 Å². The van der Waals surface area contributed by atoms with Gasteiger partial charge in [0.25, 0.3) is 10.0 Å². The lowest BCUT2D eigenvalue weighted by molar-refractivity contribution is 0.0655. The zero-order valence-electron chi connectivity index (χ0n) is 12.8. The van der Waals surface area contributed by atoms with Gasteiger partial charge in [0, 0.05) is 18.2 Å². The lowest BCUT2D eigenvalue weighted by Gasteiger charge is -2.21. The molecule has 2 rings (SSSR count). The summed E-state index contributed by atoms with van der Waals surface area (Å²) in [6, 6.07) is 5.10. The standard InChI is InChI=1S/C15H16FNO5S/c1-4-17(11-5-6-12(16)9(2)7-11)23(20,21)13-8-10(3)14(22-13)15(18)19/h5-8H,4H2,1-3H3,(H,18,19). The first kappa shape index (κ1) is 17.0. The summed E-state index contributed by atoms with van der Waals surface area (Å²) in [4.78, 5) is 11.0. The number of anilines is 1. The van der Waals surface area contributed by atoms with Gasteiger partial charge >= 0.3 is 5.97 Å². The molecule has 23 heavy (non-hydrogen) atoms. The Kier molecular flexibility index (Phi) is 4.46. The van der Waals surface area contributed by atoms with Crippen LogP contribution in [0.5, 0.6) is 0 Å². The normalized spacial score (nSPS) is 11.5. The van der Waals surface area contributed by atoms with Gasteiger partial charge in [-0.1, -0.05) is 0 Å². The van der Waals surface area contributed by atoms with E-state index in [4.69, 9.17) is 9.52 Å². The Morgan fingerprint density at radius 3 is 2.39 bits per heavy atom. The van der Waals surface area contributed by atoms with Gasteiger partial charge in [0.2, 0.25) is 10.9 Å². The first-order valence-corrected chi connectivity index (χ1v) is 8.25. The molecular weight excluding hydrogens is 325 g/mol. The number of hydrogen-bond donors (Lipinski definition) is 1. The molecule has 0 radical (unpaired) electrons. The molecule has 0 aliphatic rings. The van der Waals surface area contributed by atoms with E-state index in [9.17, 15) is 17.6 Å². The summed E-state index contributed by atoms with van der Waals surface area (Å²) >= 11 is 0. The van der Waals surface area contributed by atoms with Gasteiger partial charge in [0.05, 0.1) is 5.69 Å². The van der Waals surface area contributed by atoms with E-state index in [0.717, 1.165) is 10.4 Å². The van der Waals surface area contributed by atoms with Gasteiger partial charge in [-0.15, -0.1) is 0 Å². The fraction of sp³-hybridized carbons (Fsp3) is 0.267. The van der Waals surface area contributed by atoms with Crippen LogP contribution in [0.1, 0.15) is 28.6 Å². The second-order valence-electron chi connectivity index (χ2n) is 4.99. The van der Waals surface area contributed by atoms with Gasteiger partial charge in [-0.3, -0.25) is 4.31 Å². The number of aromatic carboxylic acids is 1. The third kappa shape index (κ3) is 3.07. The van der Waals surface area contributed by atoms with E-state index in [0.29, 0.717) is 5.56 Å². The Labute approximate surface area is 133 Å². The largest absolute Gasteiger partial charge is 0.475 e. The van der Waals surface area contributed by atoms with Crippen LogP contribution in [0.2, 0.25) is 0 Å². The summed E-state index contributed by atoms with van der Waals surface area (Å²) in [6.07, 6.45) is 0. The topological polar surface area (TPSA) is 87.8 Å². The molecule has 0 aliphatic carbocycles. The smallest absolute Gasteiger partial charge is 0.372 e. The average Bonchev–Trinajstić information content (AvgIpc) is 2.86. The van der Waals surface area contributed by atoms with E-state index in [2.05, 4.69) is 0 Å². The van der Waals surface area contributed by atoms with Gasteiger partial charge in [-0.05, 0) is 44.5 Å². The number of rotatable bonds is 5. The molecule has 2 aromatic rings. The van der Waals surface area contributed by atoms with Crippen molar-refractivity contribution in [3.63, 3.8) is 0 Å². The molecule has 0 atom stereocenters. The maximum Gasteiger partial charge on any atom is 0.372 e. The van der Waals surface area contributed by atoms with Crippen LogP contribution in [0.4, 0.5) is 10.1 Å². The SMILES string of the molecule is CCN(c1ccc(F)c(C)c1)S(=O)(=O)c1cc(C)c(C(=O)O)o1. The zero-order valence-corrected chi connectivity index (χ0v) is 13.6. The van der Waals surface area contributed by atoms with Crippen molar-refractivity contribution in [3.8, 4) is 0 Å². The van der Waals surface area contributed by atoms with E-state index in [1.807, 2.05) is 0 Å². The molecule has 0 unspecified atom stereocenters. The summed E-state index contributed by atoms with van der Waals surface area (Å²) in [5.41, 5.74) is 0.790. The number of hydrogen-bond acceptors (Lipinski definition) is 4. The fourth-order valence-electron chi connectivity index (χ4n) is 2.18. The van der Waals surface area contributed by atoms with Crippen LogP contribution in [0, 0.1) is 19.7 Å². The van der Waals surface area contributed by atoms with Crippen molar-refractivity contribution >= 4 is 21.7 Å². The molecule has 8 heteroatoms. The third-order valence-electron chi connectivity index (χ3n) is 3.35. The summed E-state index contributed by atoms with van der Waals surface area (Å²) in [5, 5.41) is 8.52. The maximum atomic E-state index is 13.4. The van der Waals surface area contributed by atoms with E-state index < -0.39 is 32.7 Å². The molecule has 0 saturated carbocycles. The van der Waals surface area contributed by atoms with Crippen LogP contribution in [0.25, 0.3) is 0 Å². The number of sulfonamides is 1. The monoisotopic (exact) mass is 341 g/mol. The summed E-state index contributed by atoms with van der Waals surface area (Å²) < 4.78 is 44.8. The lowest BCUT2D eigenvalue weighted by atomic mass is 10.2. The second-order valence-corrected chi connectivity index (χ2v) is 6.78. The van der Waals surface area contributed by atoms with Gasteiger partial charge in [0.1, 0.15) is 5.82 Å². The summed E-state index contributed by atoms with van der Waals surface area (Å²) in [5.74, 6) is -2.20. The van der Waals surface area contributed by atoms with Crippen LogP contribution in [-0.4, -0.2) is 26.0 Å². The number of benzene rings is 1. The van der Waals surface area contributed by atoms with Crippen LogP contribution in [0.3, 0.4) is 0 Å². The average molecular weight is 341 g/mol. The van der Waals surface area contributed by atoms with Crippen molar-refractivity contribution in [1.29, 1.82) is 0 Å². The highest BCUT2D eigenvalue weighted by atomic mass is 32.2. The van der Waals surface area contributed by atoms with Crippen molar-refractivity contribution in [2.24, 2.45) is 0 Å². The Bertz CT molecular complexity index is 857. The van der Waals surface area contributed by atoms with Crippen molar-refractivity contribution in [1.82, 2.24) is 0 Å². The Morgan fingerprint density at radius 1 is 1.26 bits per heavy atom. The van der Waals surface area contributed by atoms with E-state index >= 15 is 0 Å². The number of nitrogens with zero attached hydrogens (tertiary/aromatic N) is 1. The minimum Gasteiger partial charge on any atom is -0.475 e. The molecule has 124 valence electrons. The molecule has 0 bridgehead atoms. The van der Waals surface area contributed by atoms with Crippen LogP contribution in [0.15, 0.2) is 33.8 Å². The predicted octanol–water partition coefficient (Wildman–Crippen LogP) is 2.95. The highest BCUT2D eigenvalue weighted by Gasteiger charge is 2.29. The minimum absolute atomic E-state index is 0.0789. The fourth-order valence-corrected chi connectivity index (χ4v) is 3.64. The number of aryl methyl sites for hydroxylation is 2. The highest BCUT2D eigenvalue weighted by molar-refractivity contribution is 7.92. The Hall–Kier alpha value is -2.35. The summed E-state index contributed by atoms with van der Waals surface area (Å²) in [6.45, 7) is 4.67. The van der Waals surface area contributed by atoms with E-state index in [-0.39, 0.29) is 17.8 Å². The molecule has 1 aromatic heterocycles. The molecule has 1 N–H and O–H groups in total. The molecule has 1 aromatic carbocycles. The lowest BCUT2D eigenvalue weighted by Crippen LogP contribution is -2.30. The van der Waals surface area contributed by atoms with Crippen LogP contribution in [-0.2, 0) is 10.0 Å². The molecule has 1 heterocycles. The van der Waals surface area contributed by atoms with Gasteiger partial charge in [-0.25, -0.2) is 9.18 Å². The van der Waals surface area contributed by atoms with Crippen molar-refractivity contribution in [2.45, 2.75) is 25.9 Å². The molecule has 0 aliphatic heterocycles. The minimum atomic E-state index is -4.09. The quantitative estimate of drug-likeness (QED) is 0.903. The maximum absolute atomic E-state index is 13.4. The number of furan rings is 1. The molecule has 0 saturated heterocycles. The Balaban J connectivity index is 2.53. The number of carboxylic acids is 1. The van der Waals surface area contributed by atoms with E-state index in [1.165, 1.54) is 32.0 Å². The number of carboxylic acid groups (broad SMARTS) is 1. The highest BCUT2D eigenvalue weighted by Crippen LogP contribution is 2.28. The first-order valence-electron chi connectivity index (χ1n) is 6.81. The second kappa shape index (κ2) is 6.04. The number of halogens is 1. The van der Waals surface area contributed by atoms with Gasteiger partial charge in [-0.2, -0.15) is 8.42 Å². The van der Waals surface area contributed by atoms with Crippen molar-refractivity contribution in [3.05, 3.63) is 47.0 Å². The van der Waals surface area contributed by atoms with E-state index in [1.54, 1.807) is 6.92 Å². The number of carbonyl (C=O) groups is 1. The molecular formula is C15H16FNO5S.